The lowest BCUT2D eigenvalue weighted by Crippen LogP contribution is -2.41. The van der Waals surface area contributed by atoms with Crippen LogP contribution < -0.4 is 0 Å². The number of hydrogen-bond donors (Lipinski definition) is 0. The zero-order valence-corrected chi connectivity index (χ0v) is 12.0. The van der Waals surface area contributed by atoms with E-state index in [0.717, 1.165) is 26.1 Å². The molecular weight excluding hydrogens is 216 g/mol. The zero-order chi connectivity index (χ0) is 11.9. The van der Waals surface area contributed by atoms with E-state index in [1.165, 1.54) is 18.1 Å². The van der Waals surface area contributed by atoms with E-state index in [-0.39, 0.29) is 0 Å². The fraction of sp³-hybridized carbons (Fsp3) is 0.846. The second kappa shape index (κ2) is 7.25. The summed E-state index contributed by atoms with van der Waals surface area (Å²) in [6.45, 7) is 8.45. The molecule has 0 radical (unpaired) electrons. The second-order valence-corrected chi connectivity index (χ2v) is 9.28. The van der Waals surface area contributed by atoms with Crippen molar-refractivity contribution in [1.82, 2.24) is 0 Å². The van der Waals surface area contributed by atoms with Crippen LogP contribution in [0.1, 0.15) is 33.6 Å². The van der Waals surface area contributed by atoms with Crippen LogP contribution in [-0.2, 0) is 9.16 Å². The molecule has 0 spiro atoms. The minimum Gasteiger partial charge on any atom is -0.411 e. The molecule has 0 aliphatic carbocycles. The molecule has 0 saturated heterocycles. The third-order valence-electron chi connectivity index (χ3n) is 3.65. The molecule has 1 unspecified atom stereocenters. The first-order valence-corrected chi connectivity index (χ1v) is 9.20. The highest BCUT2D eigenvalue weighted by Gasteiger charge is 2.31. The Hall–Kier alpha value is -0.123. The van der Waals surface area contributed by atoms with Crippen LogP contribution in [0.5, 0.6) is 0 Å². The maximum absolute atomic E-state index is 6.42. The predicted octanol–water partition coefficient (Wildman–Crippen LogP) is 3.74. The maximum Gasteiger partial charge on any atom is 0.192 e. The molecule has 16 heavy (non-hydrogen) atoms. The summed E-state index contributed by atoms with van der Waals surface area (Å²) in [5.41, 5.74) is 0. The number of rotatable bonds is 5. The Kier molecular flexibility index (Phi) is 6.32. The highest BCUT2D eigenvalue weighted by Crippen LogP contribution is 2.24. The summed E-state index contributed by atoms with van der Waals surface area (Å²) in [6, 6.07) is 3.67. The van der Waals surface area contributed by atoms with Crippen molar-refractivity contribution < 1.29 is 9.16 Å². The SMILES string of the molecule is CC[Si](CC)(CC)OC1C/C=C\CCOC1. The highest BCUT2D eigenvalue weighted by molar-refractivity contribution is 6.73. The molecule has 0 aromatic carbocycles. The van der Waals surface area contributed by atoms with Crippen LogP contribution in [-0.4, -0.2) is 27.6 Å². The summed E-state index contributed by atoms with van der Waals surface area (Å²) >= 11 is 0. The Labute approximate surface area is 101 Å². The molecule has 2 nitrogen and oxygen atoms in total. The topological polar surface area (TPSA) is 18.5 Å². The molecule has 0 aromatic rings. The highest BCUT2D eigenvalue weighted by atomic mass is 28.4. The van der Waals surface area contributed by atoms with Gasteiger partial charge in [-0.1, -0.05) is 32.9 Å². The lowest BCUT2D eigenvalue weighted by Gasteiger charge is -2.33. The van der Waals surface area contributed by atoms with Crippen LogP contribution in [0.2, 0.25) is 18.1 Å². The average molecular weight is 242 g/mol. The molecule has 94 valence electrons. The standard InChI is InChI=1S/C13H26O2Si/c1-4-16(5-2,6-3)15-13-10-8-7-9-11-14-12-13/h7-8,13H,4-6,9-12H2,1-3H3/b8-7-. The van der Waals surface area contributed by atoms with Crippen molar-refractivity contribution in [2.45, 2.75) is 57.8 Å². The second-order valence-electron chi connectivity index (χ2n) is 4.55. The minimum absolute atomic E-state index is 0.295. The van der Waals surface area contributed by atoms with Gasteiger partial charge in [-0.2, -0.15) is 0 Å². The van der Waals surface area contributed by atoms with Crippen molar-refractivity contribution >= 4 is 8.32 Å². The quantitative estimate of drug-likeness (QED) is 0.540. The van der Waals surface area contributed by atoms with Gasteiger partial charge in [-0.15, -0.1) is 0 Å². The largest absolute Gasteiger partial charge is 0.411 e. The summed E-state index contributed by atoms with van der Waals surface area (Å²) in [7, 11) is -1.46. The number of ether oxygens (including phenoxy) is 1. The monoisotopic (exact) mass is 242 g/mol. The first-order chi connectivity index (χ1) is 7.76. The van der Waals surface area contributed by atoms with Gasteiger partial charge in [0.1, 0.15) is 0 Å². The Balaban J connectivity index is 2.54. The van der Waals surface area contributed by atoms with E-state index in [9.17, 15) is 0 Å². The number of hydrogen-bond acceptors (Lipinski definition) is 2. The summed E-state index contributed by atoms with van der Waals surface area (Å²) < 4.78 is 12.0. The summed E-state index contributed by atoms with van der Waals surface area (Å²) in [4.78, 5) is 0. The van der Waals surface area contributed by atoms with Crippen molar-refractivity contribution in [3.8, 4) is 0 Å². The molecule has 3 heteroatoms. The molecule has 0 fully saturated rings. The Morgan fingerprint density at radius 2 is 1.88 bits per heavy atom. The van der Waals surface area contributed by atoms with Gasteiger partial charge in [0, 0.05) is 0 Å². The first-order valence-electron chi connectivity index (χ1n) is 6.67. The maximum atomic E-state index is 6.42. The lowest BCUT2D eigenvalue weighted by atomic mass is 10.2. The molecule has 0 saturated carbocycles. The van der Waals surface area contributed by atoms with Crippen LogP contribution >= 0.6 is 0 Å². The van der Waals surface area contributed by atoms with Gasteiger partial charge in [0.05, 0.1) is 19.3 Å². The smallest absolute Gasteiger partial charge is 0.192 e. The zero-order valence-electron chi connectivity index (χ0n) is 11.0. The minimum atomic E-state index is -1.46. The van der Waals surface area contributed by atoms with E-state index < -0.39 is 8.32 Å². The fourth-order valence-corrected chi connectivity index (χ4v) is 5.11. The van der Waals surface area contributed by atoms with E-state index in [4.69, 9.17) is 9.16 Å². The van der Waals surface area contributed by atoms with Gasteiger partial charge < -0.3 is 9.16 Å². The van der Waals surface area contributed by atoms with Crippen molar-refractivity contribution in [2.24, 2.45) is 0 Å². The third kappa shape index (κ3) is 4.04. The van der Waals surface area contributed by atoms with Crippen molar-refractivity contribution in [1.29, 1.82) is 0 Å². The molecule has 0 amide bonds. The molecule has 0 bridgehead atoms. The Morgan fingerprint density at radius 3 is 2.50 bits per heavy atom. The third-order valence-corrected chi connectivity index (χ3v) is 8.35. The average Bonchev–Trinajstić information content (AvgIpc) is 2.29. The normalized spacial score (nSPS) is 24.8. The van der Waals surface area contributed by atoms with Gasteiger partial charge >= 0.3 is 0 Å². The molecule has 1 heterocycles. The molecule has 0 aromatic heterocycles. The van der Waals surface area contributed by atoms with E-state index in [1.807, 2.05) is 0 Å². The predicted molar refractivity (Wildman–Crippen MR) is 71.3 cm³/mol. The summed E-state index contributed by atoms with van der Waals surface area (Å²) in [5, 5.41) is 0. The molecular formula is C13H26O2Si. The van der Waals surface area contributed by atoms with Gasteiger partial charge in [-0.25, -0.2) is 0 Å². The van der Waals surface area contributed by atoms with Gasteiger partial charge in [0.15, 0.2) is 8.32 Å². The van der Waals surface area contributed by atoms with E-state index in [1.54, 1.807) is 0 Å². The van der Waals surface area contributed by atoms with Crippen molar-refractivity contribution in [3.05, 3.63) is 12.2 Å². The van der Waals surface area contributed by atoms with E-state index in [0.29, 0.717) is 6.10 Å². The summed E-state index contributed by atoms with van der Waals surface area (Å²) in [6.07, 6.45) is 6.83. The van der Waals surface area contributed by atoms with Gasteiger partial charge in [0.25, 0.3) is 0 Å². The first kappa shape index (κ1) is 13.9. The van der Waals surface area contributed by atoms with Crippen molar-refractivity contribution in [2.75, 3.05) is 13.2 Å². The fourth-order valence-electron chi connectivity index (χ4n) is 2.24. The molecule has 1 atom stereocenters. The van der Waals surface area contributed by atoms with Crippen LogP contribution in [0.25, 0.3) is 0 Å². The summed E-state index contributed by atoms with van der Waals surface area (Å²) in [5.74, 6) is 0. The van der Waals surface area contributed by atoms with Crippen LogP contribution in [0.3, 0.4) is 0 Å². The van der Waals surface area contributed by atoms with Gasteiger partial charge in [0.2, 0.25) is 0 Å². The lowest BCUT2D eigenvalue weighted by molar-refractivity contribution is 0.0451. The van der Waals surface area contributed by atoms with Crippen LogP contribution in [0.15, 0.2) is 12.2 Å². The Bertz CT molecular complexity index is 204. The molecule has 0 N–H and O–H groups in total. The van der Waals surface area contributed by atoms with Crippen LogP contribution in [0, 0.1) is 0 Å². The molecule has 1 aliphatic rings. The van der Waals surface area contributed by atoms with Gasteiger partial charge in [-0.3, -0.25) is 0 Å². The molecule has 1 rings (SSSR count). The van der Waals surface area contributed by atoms with Crippen molar-refractivity contribution in [3.63, 3.8) is 0 Å². The Morgan fingerprint density at radius 1 is 1.19 bits per heavy atom. The molecule has 1 aliphatic heterocycles. The van der Waals surface area contributed by atoms with Gasteiger partial charge in [-0.05, 0) is 31.0 Å². The van der Waals surface area contributed by atoms with Crippen LogP contribution in [0.4, 0.5) is 0 Å². The van der Waals surface area contributed by atoms with E-state index in [2.05, 4.69) is 32.9 Å². The van der Waals surface area contributed by atoms with E-state index >= 15 is 0 Å².